The molecule has 5 rings (SSSR count). The van der Waals surface area contributed by atoms with Crippen LogP contribution >= 0.6 is 22.9 Å². The normalized spacial score (nSPS) is 16.8. The Morgan fingerprint density at radius 1 is 1.19 bits per heavy atom. The zero-order valence-electron chi connectivity index (χ0n) is 16.9. The molecule has 0 saturated heterocycles. The number of rotatable bonds is 4. The lowest BCUT2D eigenvalue weighted by molar-refractivity contribution is -0.141. The molecule has 0 N–H and O–H groups in total. The van der Waals surface area contributed by atoms with Gasteiger partial charge in [0.2, 0.25) is 12.7 Å². The molecule has 8 nitrogen and oxygen atoms in total. The minimum Gasteiger partial charge on any atom is -0.468 e. The topological polar surface area (TPSA) is 87.1 Å². The van der Waals surface area contributed by atoms with Crippen molar-refractivity contribution in [2.75, 3.05) is 18.8 Å². The largest absolute Gasteiger partial charge is 0.468 e. The van der Waals surface area contributed by atoms with E-state index in [0.29, 0.717) is 32.9 Å². The van der Waals surface area contributed by atoms with E-state index >= 15 is 0 Å². The number of nitrogens with zero attached hydrogens (tertiary/aromatic N) is 2. The van der Waals surface area contributed by atoms with Crippen LogP contribution in [0, 0.1) is 0 Å². The number of methoxy groups -OCH3 is 1. The maximum atomic E-state index is 13.4. The lowest BCUT2D eigenvalue weighted by Crippen LogP contribution is -2.36. The Kier molecular flexibility index (Phi) is 5.15. The van der Waals surface area contributed by atoms with E-state index in [-0.39, 0.29) is 36.5 Å². The molecule has 0 saturated carbocycles. The highest BCUT2D eigenvalue weighted by molar-refractivity contribution is 7.10. The van der Waals surface area contributed by atoms with Gasteiger partial charge in [0.25, 0.3) is 0 Å². The molecule has 0 fully saturated rings. The van der Waals surface area contributed by atoms with E-state index < -0.39 is 5.97 Å². The van der Waals surface area contributed by atoms with Gasteiger partial charge in [-0.1, -0.05) is 35.1 Å². The number of amides is 1. The average Bonchev–Trinajstić information content (AvgIpc) is 3.37. The Hall–Kier alpha value is -3.30. The molecule has 2 aromatic carbocycles. The number of halogens is 1. The van der Waals surface area contributed by atoms with Gasteiger partial charge < -0.3 is 14.2 Å². The molecule has 1 atom stereocenters. The second-order valence-corrected chi connectivity index (χ2v) is 8.73. The molecule has 32 heavy (non-hydrogen) atoms. The fourth-order valence-corrected chi connectivity index (χ4v) is 5.25. The van der Waals surface area contributed by atoms with Crippen LogP contribution in [-0.2, 0) is 20.9 Å². The number of thiazole rings is 1. The number of carbonyl (C=O) groups excluding carboxylic acids is 2. The monoisotopic (exact) mass is 472 g/mol. The first-order valence-corrected chi connectivity index (χ1v) is 10.9. The third-order valence-electron chi connectivity index (χ3n) is 5.43. The van der Waals surface area contributed by atoms with Crippen LogP contribution in [-0.4, -0.2) is 30.3 Å². The van der Waals surface area contributed by atoms with Gasteiger partial charge in [0.15, 0.2) is 11.5 Å². The zero-order chi connectivity index (χ0) is 22.4. The number of ether oxygens (including phenoxy) is 3. The summed E-state index contributed by atoms with van der Waals surface area (Å²) in [5.41, 5.74) is 1.34. The molecule has 0 bridgehead atoms. The van der Waals surface area contributed by atoms with Gasteiger partial charge in [-0.3, -0.25) is 23.9 Å². The molecular formula is C22H17ClN2O6S. The Morgan fingerprint density at radius 3 is 2.78 bits per heavy atom. The summed E-state index contributed by atoms with van der Waals surface area (Å²) in [5.74, 6) is 0.393. The number of esters is 1. The Morgan fingerprint density at radius 2 is 2.00 bits per heavy atom. The van der Waals surface area contributed by atoms with E-state index in [9.17, 15) is 14.4 Å². The standard InChI is InChI=1S/C22H17ClN2O6S/c1-29-19(27)10-24-21-20(32-22(24)28)15(12-5-6-16-17(7-12)31-11-30-16)9-18(26)25(21)14-4-2-3-13(23)8-14/h2-8,15H,9-11H2,1H3. The van der Waals surface area contributed by atoms with E-state index in [4.69, 9.17) is 25.8 Å². The molecule has 0 radical (unpaired) electrons. The van der Waals surface area contributed by atoms with E-state index in [2.05, 4.69) is 0 Å². The Bertz CT molecular complexity index is 1300. The molecule has 0 aliphatic carbocycles. The van der Waals surface area contributed by atoms with Crippen molar-refractivity contribution in [1.82, 2.24) is 4.57 Å². The molecule has 3 aromatic rings. The van der Waals surface area contributed by atoms with Crippen LogP contribution in [0.5, 0.6) is 11.5 Å². The van der Waals surface area contributed by atoms with E-state index in [1.54, 1.807) is 30.3 Å². The zero-order valence-corrected chi connectivity index (χ0v) is 18.4. The number of aromatic nitrogens is 1. The van der Waals surface area contributed by atoms with Crippen LogP contribution in [0.4, 0.5) is 11.5 Å². The molecule has 2 aliphatic rings. The molecule has 1 amide bonds. The van der Waals surface area contributed by atoms with Crippen LogP contribution < -0.4 is 19.2 Å². The summed E-state index contributed by atoms with van der Waals surface area (Å²) in [6, 6.07) is 12.3. The summed E-state index contributed by atoms with van der Waals surface area (Å²) >= 11 is 7.18. The number of anilines is 2. The molecule has 10 heteroatoms. The third kappa shape index (κ3) is 3.43. The van der Waals surface area contributed by atoms with Gasteiger partial charge >= 0.3 is 10.8 Å². The molecule has 0 spiro atoms. The summed E-state index contributed by atoms with van der Waals surface area (Å²) < 4.78 is 16.9. The van der Waals surface area contributed by atoms with Crippen molar-refractivity contribution in [3.8, 4) is 11.5 Å². The van der Waals surface area contributed by atoms with Gasteiger partial charge in [0.05, 0.1) is 17.7 Å². The van der Waals surface area contributed by atoms with Crippen LogP contribution in [0.25, 0.3) is 0 Å². The van der Waals surface area contributed by atoms with Crippen molar-refractivity contribution in [1.29, 1.82) is 0 Å². The predicted molar refractivity (Wildman–Crippen MR) is 118 cm³/mol. The van der Waals surface area contributed by atoms with Gasteiger partial charge in [-0.05, 0) is 35.9 Å². The third-order valence-corrected chi connectivity index (χ3v) is 6.75. The molecule has 1 unspecified atom stereocenters. The van der Waals surface area contributed by atoms with Crippen LogP contribution in [0.15, 0.2) is 47.3 Å². The summed E-state index contributed by atoms with van der Waals surface area (Å²) in [7, 11) is 1.25. The van der Waals surface area contributed by atoms with Crippen LogP contribution in [0.2, 0.25) is 5.02 Å². The summed E-state index contributed by atoms with van der Waals surface area (Å²) in [5, 5.41) is 0.451. The average molecular weight is 473 g/mol. The number of benzene rings is 2. The first-order chi connectivity index (χ1) is 15.5. The van der Waals surface area contributed by atoms with Crippen molar-refractivity contribution in [2.45, 2.75) is 18.9 Å². The van der Waals surface area contributed by atoms with Crippen molar-refractivity contribution < 1.29 is 23.8 Å². The van der Waals surface area contributed by atoms with Gasteiger partial charge in [0.1, 0.15) is 12.4 Å². The number of hydrogen-bond donors (Lipinski definition) is 0. The lowest BCUT2D eigenvalue weighted by Gasteiger charge is -2.32. The van der Waals surface area contributed by atoms with E-state index in [1.165, 1.54) is 16.6 Å². The van der Waals surface area contributed by atoms with Gasteiger partial charge in [0, 0.05) is 17.4 Å². The van der Waals surface area contributed by atoms with Gasteiger partial charge in [-0.2, -0.15) is 0 Å². The second kappa shape index (κ2) is 7.99. The second-order valence-electron chi connectivity index (χ2n) is 7.30. The predicted octanol–water partition coefficient (Wildman–Crippen LogP) is 3.67. The van der Waals surface area contributed by atoms with E-state index in [1.807, 2.05) is 12.1 Å². The fraction of sp³-hybridized carbons (Fsp3) is 0.227. The number of hydrogen-bond acceptors (Lipinski definition) is 7. The SMILES string of the molecule is COC(=O)Cn1c2c(sc1=O)C(c1ccc3c(c1)OCO3)CC(=O)N2c1cccc(Cl)c1. The van der Waals surface area contributed by atoms with Gasteiger partial charge in [-0.15, -0.1) is 0 Å². The highest BCUT2D eigenvalue weighted by Gasteiger charge is 2.39. The molecular weight excluding hydrogens is 456 g/mol. The number of carbonyl (C=O) groups is 2. The van der Waals surface area contributed by atoms with Crippen molar-refractivity contribution >= 4 is 46.3 Å². The highest BCUT2D eigenvalue weighted by atomic mass is 35.5. The molecule has 1 aromatic heterocycles. The maximum absolute atomic E-state index is 13.4. The minimum absolute atomic E-state index is 0.136. The van der Waals surface area contributed by atoms with E-state index in [0.717, 1.165) is 16.9 Å². The Balaban J connectivity index is 1.69. The van der Waals surface area contributed by atoms with Gasteiger partial charge in [-0.25, -0.2) is 0 Å². The first kappa shape index (κ1) is 20.6. The summed E-state index contributed by atoms with van der Waals surface area (Å²) in [6.07, 6.45) is 0.136. The smallest absolute Gasteiger partial charge is 0.325 e. The quantitative estimate of drug-likeness (QED) is 0.538. The number of fused-ring (bicyclic) bond motifs is 2. The van der Waals surface area contributed by atoms with Crippen molar-refractivity contribution in [3.05, 3.63) is 67.6 Å². The summed E-state index contributed by atoms with van der Waals surface area (Å²) in [6.45, 7) is -0.168. The van der Waals surface area contributed by atoms with Crippen LogP contribution in [0.1, 0.15) is 22.8 Å². The lowest BCUT2D eigenvalue weighted by atomic mass is 9.90. The first-order valence-electron chi connectivity index (χ1n) is 9.74. The fourth-order valence-electron chi connectivity index (χ4n) is 3.96. The summed E-state index contributed by atoms with van der Waals surface area (Å²) in [4.78, 5) is 40.2. The molecule has 3 heterocycles. The maximum Gasteiger partial charge on any atom is 0.325 e. The molecule has 164 valence electrons. The van der Waals surface area contributed by atoms with Crippen LogP contribution in [0.3, 0.4) is 0 Å². The van der Waals surface area contributed by atoms with Crippen molar-refractivity contribution in [3.63, 3.8) is 0 Å². The Labute approximate surface area is 191 Å². The minimum atomic E-state index is -0.587. The van der Waals surface area contributed by atoms with Crippen molar-refractivity contribution in [2.24, 2.45) is 0 Å². The molecule has 2 aliphatic heterocycles. The highest BCUT2D eigenvalue weighted by Crippen LogP contribution is 2.46.